The zero-order valence-corrected chi connectivity index (χ0v) is 11.4. The van der Waals surface area contributed by atoms with Gasteiger partial charge in [-0.15, -0.1) is 0 Å². The molecule has 2 aromatic rings. The summed E-state index contributed by atoms with van der Waals surface area (Å²) in [4.78, 5) is 0. The lowest BCUT2D eigenvalue weighted by atomic mass is 10.1. The Labute approximate surface area is 117 Å². The van der Waals surface area contributed by atoms with Crippen molar-refractivity contribution in [3.8, 4) is 0 Å². The first kappa shape index (κ1) is 13.8. The van der Waals surface area contributed by atoms with Gasteiger partial charge in [0.25, 0.3) is 0 Å². The van der Waals surface area contributed by atoms with Crippen LogP contribution in [0.1, 0.15) is 11.1 Å². The molecule has 19 heavy (non-hydrogen) atoms. The molecule has 0 unspecified atom stereocenters. The standard InChI is InChI=1S/C15H15ClFNO/c1-19-10-12-5-2-4-11(8-12)9-18-15-13(16)6-3-7-14(15)17/h2-8,18H,9-10H2,1H3. The van der Waals surface area contributed by atoms with E-state index in [2.05, 4.69) is 5.32 Å². The van der Waals surface area contributed by atoms with Crippen molar-refractivity contribution in [3.05, 3.63) is 64.4 Å². The summed E-state index contributed by atoms with van der Waals surface area (Å²) in [6, 6.07) is 12.6. The predicted molar refractivity (Wildman–Crippen MR) is 75.9 cm³/mol. The molecule has 0 aliphatic heterocycles. The Morgan fingerprint density at radius 1 is 1.16 bits per heavy atom. The molecule has 100 valence electrons. The van der Waals surface area contributed by atoms with Crippen LogP contribution in [0.5, 0.6) is 0 Å². The van der Waals surface area contributed by atoms with Gasteiger partial charge < -0.3 is 10.1 Å². The van der Waals surface area contributed by atoms with E-state index in [9.17, 15) is 4.39 Å². The molecule has 0 heterocycles. The summed E-state index contributed by atoms with van der Waals surface area (Å²) in [5.74, 6) is -0.347. The van der Waals surface area contributed by atoms with Crippen molar-refractivity contribution in [2.45, 2.75) is 13.2 Å². The normalized spacial score (nSPS) is 10.5. The maximum absolute atomic E-state index is 13.6. The molecule has 2 rings (SSSR count). The summed E-state index contributed by atoms with van der Waals surface area (Å²) in [5, 5.41) is 3.40. The summed E-state index contributed by atoms with van der Waals surface area (Å²) < 4.78 is 18.7. The number of nitrogens with one attached hydrogen (secondary N) is 1. The quantitative estimate of drug-likeness (QED) is 0.884. The molecule has 0 aliphatic rings. The van der Waals surface area contributed by atoms with Gasteiger partial charge in [-0.3, -0.25) is 0 Å². The largest absolute Gasteiger partial charge is 0.380 e. The SMILES string of the molecule is COCc1cccc(CNc2c(F)cccc2Cl)c1. The Morgan fingerprint density at radius 2 is 1.89 bits per heavy atom. The molecule has 0 spiro atoms. The first-order valence-corrected chi connectivity index (χ1v) is 6.33. The van der Waals surface area contributed by atoms with E-state index < -0.39 is 0 Å². The fourth-order valence-electron chi connectivity index (χ4n) is 1.85. The summed E-state index contributed by atoms with van der Waals surface area (Å²) in [7, 11) is 1.66. The van der Waals surface area contributed by atoms with Crippen LogP contribution in [0.25, 0.3) is 0 Å². The summed E-state index contributed by atoms with van der Waals surface area (Å²) >= 11 is 5.95. The fraction of sp³-hybridized carbons (Fsp3) is 0.200. The minimum Gasteiger partial charge on any atom is -0.380 e. The highest BCUT2D eigenvalue weighted by Crippen LogP contribution is 2.25. The van der Waals surface area contributed by atoms with Crippen LogP contribution >= 0.6 is 11.6 Å². The number of halogens is 2. The Bertz CT molecular complexity index is 539. The number of hydrogen-bond donors (Lipinski definition) is 1. The van der Waals surface area contributed by atoms with Crippen molar-refractivity contribution in [2.75, 3.05) is 12.4 Å². The van der Waals surface area contributed by atoms with E-state index >= 15 is 0 Å². The van der Waals surface area contributed by atoms with Crippen molar-refractivity contribution >= 4 is 17.3 Å². The number of para-hydroxylation sites is 1. The lowest BCUT2D eigenvalue weighted by Crippen LogP contribution is -2.02. The van der Waals surface area contributed by atoms with Gasteiger partial charge in [0, 0.05) is 13.7 Å². The summed E-state index contributed by atoms with van der Waals surface area (Å²) in [5.41, 5.74) is 2.47. The highest BCUT2D eigenvalue weighted by atomic mass is 35.5. The van der Waals surface area contributed by atoms with Crippen LogP contribution in [-0.4, -0.2) is 7.11 Å². The maximum atomic E-state index is 13.6. The highest BCUT2D eigenvalue weighted by molar-refractivity contribution is 6.33. The topological polar surface area (TPSA) is 21.3 Å². The fourth-order valence-corrected chi connectivity index (χ4v) is 2.08. The van der Waals surface area contributed by atoms with E-state index in [-0.39, 0.29) is 5.82 Å². The second kappa shape index (κ2) is 6.55. The van der Waals surface area contributed by atoms with Crippen molar-refractivity contribution in [1.29, 1.82) is 0 Å². The zero-order chi connectivity index (χ0) is 13.7. The van der Waals surface area contributed by atoms with E-state index in [0.717, 1.165) is 11.1 Å². The minimum absolute atomic E-state index is 0.335. The predicted octanol–water partition coefficient (Wildman–Crippen LogP) is 4.24. The molecule has 0 bridgehead atoms. The molecule has 0 saturated carbocycles. The van der Waals surface area contributed by atoms with Crippen molar-refractivity contribution in [1.82, 2.24) is 0 Å². The average molecular weight is 280 g/mol. The monoisotopic (exact) mass is 279 g/mol. The number of methoxy groups -OCH3 is 1. The molecule has 0 aliphatic carbocycles. The first-order chi connectivity index (χ1) is 9.20. The van der Waals surface area contributed by atoms with Crippen LogP contribution in [0.2, 0.25) is 5.02 Å². The van der Waals surface area contributed by atoms with Crippen LogP contribution in [0.15, 0.2) is 42.5 Å². The molecule has 1 N–H and O–H groups in total. The summed E-state index contributed by atoms with van der Waals surface area (Å²) in [6.45, 7) is 1.08. The van der Waals surface area contributed by atoms with Crippen molar-refractivity contribution in [3.63, 3.8) is 0 Å². The van der Waals surface area contributed by atoms with Gasteiger partial charge in [0.1, 0.15) is 5.82 Å². The van der Waals surface area contributed by atoms with Gasteiger partial charge in [-0.1, -0.05) is 41.9 Å². The van der Waals surface area contributed by atoms with Gasteiger partial charge in [0.05, 0.1) is 17.3 Å². The van der Waals surface area contributed by atoms with Gasteiger partial charge in [-0.25, -0.2) is 4.39 Å². The third-order valence-corrected chi connectivity index (χ3v) is 3.05. The molecule has 0 saturated heterocycles. The number of hydrogen-bond acceptors (Lipinski definition) is 2. The molecule has 0 atom stereocenters. The van der Waals surface area contributed by atoms with E-state index in [1.54, 1.807) is 19.2 Å². The van der Waals surface area contributed by atoms with E-state index in [1.165, 1.54) is 6.07 Å². The number of benzene rings is 2. The molecule has 0 radical (unpaired) electrons. The van der Waals surface area contributed by atoms with E-state index in [0.29, 0.717) is 23.9 Å². The lowest BCUT2D eigenvalue weighted by Gasteiger charge is -2.10. The second-order valence-corrected chi connectivity index (χ2v) is 4.61. The zero-order valence-electron chi connectivity index (χ0n) is 10.6. The molecular formula is C15H15ClFNO. The third kappa shape index (κ3) is 3.69. The lowest BCUT2D eigenvalue weighted by molar-refractivity contribution is 0.185. The molecule has 4 heteroatoms. The minimum atomic E-state index is -0.347. The van der Waals surface area contributed by atoms with Crippen LogP contribution in [0.3, 0.4) is 0 Å². The number of ether oxygens (including phenoxy) is 1. The molecule has 0 aromatic heterocycles. The van der Waals surface area contributed by atoms with Crippen molar-refractivity contribution < 1.29 is 9.13 Å². The number of anilines is 1. The van der Waals surface area contributed by atoms with Gasteiger partial charge in [-0.05, 0) is 23.3 Å². The molecule has 0 amide bonds. The van der Waals surface area contributed by atoms with Crippen molar-refractivity contribution in [2.24, 2.45) is 0 Å². The highest BCUT2D eigenvalue weighted by Gasteiger charge is 2.06. The average Bonchev–Trinajstić information content (AvgIpc) is 2.39. The summed E-state index contributed by atoms with van der Waals surface area (Å²) in [6.07, 6.45) is 0. The van der Waals surface area contributed by atoms with Gasteiger partial charge in [-0.2, -0.15) is 0 Å². The van der Waals surface area contributed by atoms with Gasteiger partial charge in [0.2, 0.25) is 0 Å². The van der Waals surface area contributed by atoms with Crippen LogP contribution in [0, 0.1) is 5.82 Å². The molecule has 2 aromatic carbocycles. The first-order valence-electron chi connectivity index (χ1n) is 5.95. The smallest absolute Gasteiger partial charge is 0.147 e. The molecule has 0 fully saturated rings. The van der Waals surface area contributed by atoms with E-state index in [1.807, 2.05) is 24.3 Å². The van der Waals surface area contributed by atoms with Crippen LogP contribution < -0.4 is 5.32 Å². The molecule has 2 nitrogen and oxygen atoms in total. The Morgan fingerprint density at radius 3 is 2.63 bits per heavy atom. The van der Waals surface area contributed by atoms with E-state index in [4.69, 9.17) is 16.3 Å². The van der Waals surface area contributed by atoms with Crippen LogP contribution in [-0.2, 0) is 17.9 Å². The molecular weight excluding hydrogens is 265 g/mol. The number of rotatable bonds is 5. The van der Waals surface area contributed by atoms with Gasteiger partial charge in [0.15, 0.2) is 0 Å². The Hall–Kier alpha value is -1.58. The Balaban J connectivity index is 2.08. The Kier molecular flexibility index (Phi) is 4.77. The van der Waals surface area contributed by atoms with Gasteiger partial charge >= 0.3 is 0 Å². The maximum Gasteiger partial charge on any atom is 0.147 e. The second-order valence-electron chi connectivity index (χ2n) is 4.20. The van der Waals surface area contributed by atoms with Crippen LogP contribution in [0.4, 0.5) is 10.1 Å². The third-order valence-electron chi connectivity index (χ3n) is 2.73.